The highest BCUT2D eigenvalue weighted by molar-refractivity contribution is 7.89. The zero-order valence-electron chi connectivity index (χ0n) is 16.1. The fourth-order valence-electron chi connectivity index (χ4n) is 4.25. The summed E-state index contributed by atoms with van der Waals surface area (Å²) in [4.78, 5) is 15.1. The van der Waals surface area contributed by atoms with Gasteiger partial charge in [0.2, 0.25) is 0 Å². The molecule has 0 bridgehead atoms. The first-order valence-electron chi connectivity index (χ1n) is 9.76. The topological polar surface area (TPSA) is 75.7 Å². The van der Waals surface area contributed by atoms with E-state index in [4.69, 9.17) is 4.74 Å². The van der Waals surface area contributed by atoms with Gasteiger partial charge in [-0.3, -0.25) is 9.69 Å². The van der Waals surface area contributed by atoms with E-state index in [2.05, 4.69) is 10.2 Å². The Balaban J connectivity index is 1.63. The van der Waals surface area contributed by atoms with Crippen LogP contribution >= 0.6 is 0 Å². The minimum atomic E-state index is -3.07. The fourth-order valence-corrected chi connectivity index (χ4v) is 5.05. The van der Waals surface area contributed by atoms with Gasteiger partial charge in [-0.2, -0.15) is 0 Å². The molecule has 3 rings (SSSR count). The molecular weight excluding hydrogens is 364 g/mol. The highest BCUT2D eigenvalue weighted by Gasteiger charge is 2.38. The molecular formula is C20H30N2O4S. The van der Waals surface area contributed by atoms with Crippen LogP contribution in [0.25, 0.3) is 0 Å². The highest BCUT2D eigenvalue weighted by Crippen LogP contribution is 2.34. The van der Waals surface area contributed by atoms with E-state index in [1.807, 2.05) is 0 Å². The Morgan fingerprint density at radius 3 is 2.33 bits per heavy atom. The average molecular weight is 395 g/mol. The lowest BCUT2D eigenvalue weighted by Gasteiger charge is -2.48. The van der Waals surface area contributed by atoms with Gasteiger partial charge in [0.25, 0.3) is 5.91 Å². The van der Waals surface area contributed by atoms with Gasteiger partial charge >= 0.3 is 0 Å². The first-order valence-corrected chi connectivity index (χ1v) is 11.8. The van der Waals surface area contributed by atoms with Crippen molar-refractivity contribution in [3.63, 3.8) is 0 Å². The number of carbonyl (C=O) groups excluding carboxylic acids is 1. The van der Waals surface area contributed by atoms with Crippen molar-refractivity contribution in [1.29, 1.82) is 0 Å². The van der Waals surface area contributed by atoms with Gasteiger partial charge in [-0.25, -0.2) is 8.42 Å². The Hall–Kier alpha value is -1.44. The van der Waals surface area contributed by atoms with E-state index in [9.17, 15) is 13.2 Å². The number of nitrogens with zero attached hydrogens (tertiary/aromatic N) is 1. The molecule has 27 heavy (non-hydrogen) atoms. The summed E-state index contributed by atoms with van der Waals surface area (Å²) >= 11 is 0. The van der Waals surface area contributed by atoms with Crippen molar-refractivity contribution in [1.82, 2.24) is 10.2 Å². The highest BCUT2D eigenvalue weighted by atomic mass is 32.2. The number of nitrogens with one attached hydrogen (secondary N) is 1. The summed E-state index contributed by atoms with van der Waals surface area (Å²) in [5, 5.41) is 3.13. The molecule has 1 aliphatic heterocycles. The summed E-state index contributed by atoms with van der Waals surface area (Å²) in [6.45, 7) is 4.03. The van der Waals surface area contributed by atoms with Gasteiger partial charge in [0.05, 0.1) is 19.0 Å². The minimum absolute atomic E-state index is 0.00492. The Morgan fingerprint density at radius 2 is 1.74 bits per heavy atom. The van der Waals surface area contributed by atoms with Crippen LogP contribution in [0, 0.1) is 0 Å². The summed E-state index contributed by atoms with van der Waals surface area (Å²) in [5.41, 5.74) is 1.31. The molecule has 2 fully saturated rings. The molecule has 7 heteroatoms. The molecule has 0 spiro atoms. The number of benzene rings is 1. The molecule has 2 aliphatic rings. The van der Waals surface area contributed by atoms with E-state index in [0.717, 1.165) is 39.1 Å². The molecule has 0 atom stereocenters. The number of hydrogen-bond donors (Lipinski definition) is 1. The molecule has 1 N–H and O–H groups in total. The van der Waals surface area contributed by atoms with Crippen LogP contribution in [0.2, 0.25) is 0 Å². The van der Waals surface area contributed by atoms with E-state index in [0.29, 0.717) is 17.7 Å². The van der Waals surface area contributed by atoms with Gasteiger partial charge in [-0.05, 0) is 30.5 Å². The third kappa shape index (κ3) is 5.53. The number of sulfone groups is 1. The van der Waals surface area contributed by atoms with Crippen molar-refractivity contribution >= 4 is 15.7 Å². The van der Waals surface area contributed by atoms with E-state index in [-0.39, 0.29) is 17.2 Å². The maximum absolute atomic E-state index is 12.6. The van der Waals surface area contributed by atoms with E-state index in [1.54, 1.807) is 24.3 Å². The van der Waals surface area contributed by atoms with Crippen molar-refractivity contribution in [2.75, 3.05) is 39.1 Å². The molecule has 1 aliphatic carbocycles. The lowest BCUT2D eigenvalue weighted by Crippen LogP contribution is -2.59. The molecule has 1 saturated heterocycles. The van der Waals surface area contributed by atoms with Crippen LogP contribution in [0.4, 0.5) is 0 Å². The molecule has 0 radical (unpaired) electrons. The molecule has 1 aromatic rings. The smallest absolute Gasteiger partial charge is 0.251 e. The Bertz CT molecular complexity index is 734. The third-order valence-corrected chi connectivity index (χ3v) is 6.55. The first-order chi connectivity index (χ1) is 12.9. The average Bonchev–Trinajstić information content (AvgIpc) is 2.67. The Morgan fingerprint density at radius 1 is 1.11 bits per heavy atom. The molecule has 6 nitrogen and oxygen atoms in total. The predicted molar refractivity (Wildman–Crippen MR) is 106 cm³/mol. The molecule has 0 aromatic heterocycles. The molecule has 150 valence electrons. The van der Waals surface area contributed by atoms with E-state index in [1.165, 1.54) is 25.5 Å². The van der Waals surface area contributed by atoms with Crippen molar-refractivity contribution in [3.05, 3.63) is 35.4 Å². The van der Waals surface area contributed by atoms with Crippen LogP contribution in [-0.2, 0) is 20.3 Å². The van der Waals surface area contributed by atoms with Gasteiger partial charge in [-0.15, -0.1) is 0 Å². The third-order valence-electron chi connectivity index (χ3n) is 5.69. The van der Waals surface area contributed by atoms with Gasteiger partial charge < -0.3 is 10.1 Å². The Labute approximate surface area is 162 Å². The quantitative estimate of drug-likeness (QED) is 0.799. The largest absolute Gasteiger partial charge is 0.379 e. The zero-order valence-corrected chi connectivity index (χ0v) is 16.9. The summed E-state index contributed by atoms with van der Waals surface area (Å²) in [6.07, 6.45) is 7.10. The predicted octanol–water partition coefficient (Wildman–Crippen LogP) is 2.00. The normalized spacial score (nSPS) is 20.9. The monoisotopic (exact) mass is 394 g/mol. The van der Waals surface area contributed by atoms with E-state index >= 15 is 0 Å². The van der Waals surface area contributed by atoms with Gasteiger partial charge in [-0.1, -0.05) is 31.4 Å². The van der Waals surface area contributed by atoms with Crippen molar-refractivity contribution < 1.29 is 17.9 Å². The molecule has 0 unspecified atom stereocenters. The second kappa shape index (κ2) is 8.71. The number of hydrogen-bond acceptors (Lipinski definition) is 5. The van der Waals surface area contributed by atoms with Crippen LogP contribution < -0.4 is 5.32 Å². The lowest BCUT2D eigenvalue weighted by atomic mass is 9.79. The Kier molecular flexibility index (Phi) is 6.55. The second-order valence-corrected chi connectivity index (χ2v) is 9.97. The van der Waals surface area contributed by atoms with Gasteiger partial charge in [0.15, 0.2) is 9.84 Å². The van der Waals surface area contributed by atoms with Crippen molar-refractivity contribution in [2.45, 2.75) is 43.4 Å². The van der Waals surface area contributed by atoms with Crippen LogP contribution in [-0.4, -0.2) is 63.9 Å². The zero-order chi connectivity index (χ0) is 19.3. The molecule has 1 saturated carbocycles. The number of ether oxygens (including phenoxy) is 1. The SMILES string of the molecule is CS(=O)(=O)Cc1ccc(C(=O)NCC2(N3CCOCC3)CCCCC2)cc1. The number of amides is 1. The molecule has 1 amide bonds. The van der Waals surface area contributed by atoms with Crippen molar-refractivity contribution in [2.24, 2.45) is 0 Å². The standard InChI is InChI=1S/C20H30N2O4S/c1-27(24,25)15-17-5-7-18(8-6-17)19(23)21-16-20(9-3-2-4-10-20)22-11-13-26-14-12-22/h5-8H,2-4,9-16H2,1H3,(H,21,23). The van der Waals surface area contributed by atoms with Crippen molar-refractivity contribution in [3.8, 4) is 0 Å². The molecule has 1 aromatic carbocycles. The number of morpholine rings is 1. The van der Waals surface area contributed by atoms with Crippen LogP contribution in [0.3, 0.4) is 0 Å². The van der Waals surface area contributed by atoms with Crippen LogP contribution in [0.15, 0.2) is 24.3 Å². The van der Waals surface area contributed by atoms with Crippen LogP contribution in [0.1, 0.15) is 48.0 Å². The fraction of sp³-hybridized carbons (Fsp3) is 0.650. The molecule has 1 heterocycles. The minimum Gasteiger partial charge on any atom is -0.379 e. The summed E-state index contributed by atoms with van der Waals surface area (Å²) in [5.74, 6) is -0.103. The van der Waals surface area contributed by atoms with Crippen LogP contribution in [0.5, 0.6) is 0 Å². The van der Waals surface area contributed by atoms with E-state index < -0.39 is 9.84 Å². The second-order valence-electron chi connectivity index (χ2n) is 7.83. The number of rotatable bonds is 6. The summed E-state index contributed by atoms with van der Waals surface area (Å²) < 4.78 is 28.3. The van der Waals surface area contributed by atoms with Gasteiger partial charge in [0, 0.05) is 37.0 Å². The number of carbonyl (C=O) groups is 1. The first kappa shape index (κ1) is 20.3. The summed E-state index contributed by atoms with van der Waals surface area (Å²) in [7, 11) is -3.07. The maximum atomic E-state index is 12.6. The lowest BCUT2D eigenvalue weighted by molar-refractivity contribution is -0.0361. The van der Waals surface area contributed by atoms with Gasteiger partial charge in [0.1, 0.15) is 0 Å². The maximum Gasteiger partial charge on any atom is 0.251 e. The summed E-state index contributed by atoms with van der Waals surface area (Å²) in [6, 6.07) is 6.85.